The molecule has 2 unspecified atom stereocenters. The van der Waals surface area contributed by atoms with Crippen molar-refractivity contribution in [3.05, 3.63) is 35.9 Å². The number of nitrogens with zero attached hydrogens (tertiary/aromatic N) is 2. The highest BCUT2D eigenvalue weighted by atomic mass is 15.2. The van der Waals surface area contributed by atoms with Crippen LogP contribution in [-0.4, -0.2) is 37.6 Å². The van der Waals surface area contributed by atoms with Gasteiger partial charge in [0.25, 0.3) is 0 Å². The molecule has 0 saturated carbocycles. The van der Waals surface area contributed by atoms with E-state index in [9.17, 15) is 5.26 Å². The molecule has 1 aliphatic rings. The summed E-state index contributed by atoms with van der Waals surface area (Å²) in [5.74, 6) is -0.0261. The summed E-state index contributed by atoms with van der Waals surface area (Å²) in [7, 11) is 2.12. The van der Waals surface area contributed by atoms with Crippen LogP contribution in [0.15, 0.2) is 30.3 Å². The van der Waals surface area contributed by atoms with Gasteiger partial charge in [0.05, 0.1) is 12.0 Å². The molecule has 1 saturated heterocycles. The fraction of sp³-hybridized carbons (Fsp3) is 0.500. The summed E-state index contributed by atoms with van der Waals surface area (Å²) in [6.45, 7) is 2.95. The van der Waals surface area contributed by atoms with Crippen molar-refractivity contribution in [2.45, 2.75) is 18.4 Å². The van der Waals surface area contributed by atoms with Crippen LogP contribution in [0, 0.1) is 11.3 Å². The van der Waals surface area contributed by atoms with Gasteiger partial charge in [-0.25, -0.2) is 0 Å². The third-order valence-electron chi connectivity index (χ3n) is 3.49. The van der Waals surface area contributed by atoms with Crippen LogP contribution < -0.4 is 5.32 Å². The van der Waals surface area contributed by atoms with Crippen molar-refractivity contribution in [3.63, 3.8) is 0 Å². The van der Waals surface area contributed by atoms with Crippen molar-refractivity contribution < 1.29 is 0 Å². The summed E-state index contributed by atoms with van der Waals surface area (Å²) >= 11 is 0. The molecule has 1 fully saturated rings. The molecule has 3 nitrogen and oxygen atoms in total. The van der Waals surface area contributed by atoms with E-state index in [2.05, 4.69) is 23.3 Å². The number of likely N-dealkylation sites (N-methyl/N-ethyl adjacent to an activating group) is 1. The topological polar surface area (TPSA) is 39.1 Å². The van der Waals surface area contributed by atoms with E-state index < -0.39 is 0 Å². The molecule has 0 spiro atoms. The second-order valence-corrected chi connectivity index (χ2v) is 4.68. The molecule has 0 amide bonds. The lowest BCUT2D eigenvalue weighted by Gasteiger charge is -2.25. The van der Waals surface area contributed by atoms with Crippen LogP contribution in [0.1, 0.15) is 17.9 Å². The Hall–Kier alpha value is -1.37. The summed E-state index contributed by atoms with van der Waals surface area (Å²) in [5.41, 5.74) is 1.12. The number of rotatable bonds is 4. The maximum absolute atomic E-state index is 9.28. The highest BCUT2D eigenvalue weighted by Crippen LogP contribution is 2.17. The van der Waals surface area contributed by atoms with Crippen LogP contribution in [0.2, 0.25) is 0 Å². The molecule has 90 valence electrons. The number of nitrogens with one attached hydrogen (secondary N) is 1. The molecule has 2 rings (SSSR count). The van der Waals surface area contributed by atoms with Gasteiger partial charge in [0, 0.05) is 19.1 Å². The first kappa shape index (κ1) is 12.1. The highest BCUT2D eigenvalue weighted by molar-refractivity contribution is 5.25. The minimum Gasteiger partial charge on any atom is -0.315 e. The van der Waals surface area contributed by atoms with E-state index >= 15 is 0 Å². The van der Waals surface area contributed by atoms with E-state index in [1.807, 2.05) is 30.3 Å². The molecule has 1 heterocycles. The molecular formula is C14H19N3. The molecule has 0 aliphatic carbocycles. The molecule has 17 heavy (non-hydrogen) atoms. The maximum atomic E-state index is 9.28. The summed E-state index contributed by atoms with van der Waals surface area (Å²) in [5, 5.41) is 12.6. The van der Waals surface area contributed by atoms with Gasteiger partial charge < -0.3 is 10.2 Å². The average molecular weight is 229 g/mol. The second-order valence-electron chi connectivity index (χ2n) is 4.68. The first-order valence-electron chi connectivity index (χ1n) is 6.17. The lowest BCUT2D eigenvalue weighted by molar-refractivity contribution is 0.252. The van der Waals surface area contributed by atoms with Gasteiger partial charge in [-0.2, -0.15) is 5.26 Å². The Balaban J connectivity index is 1.98. The van der Waals surface area contributed by atoms with E-state index in [1.54, 1.807) is 0 Å². The Kier molecular flexibility index (Phi) is 4.13. The Labute approximate surface area is 103 Å². The Bertz CT molecular complexity index is 376. The van der Waals surface area contributed by atoms with Crippen LogP contribution in [0.3, 0.4) is 0 Å². The summed E-state index contributed by atoms with van der Waals surface area (Å²) in [6.07, 6.45) is 1.18. The van der Waals surface area contributed by atoms with Crippen LogP contribution in [0.25, 0.3) is 0 Å². The van der Waals surface area contributed by atoms with Crippen molar-refractivity contribution in [2.24, 2.45) is 0 Å². The number of hydrogen-bond donors (Lipinski definition) is 1. The van der Waals surface area contributed by atoms with Gasteiger partial charge in [-0.3, -0.25) is 0 Å². The van der Waals surface area contributed by atoms with Gasteiger partial charge in [0.2, 0.25) is 0 Å². The van der Waals surface area contributed by atoms with Crippen LogP contribution >= 0.6 is 0 Å². The van der Waals surface area contributed by atoms with Crippen molar-refractivity contribution in [1.29, 1.82) is 5.26 Å². The van der Waals surface area contributed by atoms with Crippen molar-refractivity contribution in [3.8, 4) is 6.07 Å². The Morgan fingerprint density at radius 2 is 2.24 bits per heavy atom. The largest absolute Gasteiger partial charge is 0.315 e. The third-order valence-corrected chi connectivity index (χ3v) is 3.49. The van der Waals surface area contributed by atoms with E-state index in [4.69, 9.17) is 0 Å². The van der Waals surface area contributed by atoms with Crippen LogP contribution in [-0.2, 0) is 0 Å². The molecule has 1 N–H and O–H groups in total. The Morgan fingerprint density at radius 3 is 2.82 bits per heavy atom. The van der Waals surface area contributed by atoms with Crippen molar-refractivity contribution in [2.75, 3.05) is 26.7 Å². The summed E-state index contributed by atoms with van der Waals surface area (Å²) in [6, 6.07) is 13.0. The minimum absolute atomic E-state index is 0.0261. The van der Waals surface area contributed by atoms with Gasteiger partial charge in [0.15, 0.2) is 0 Å². The molecule has 2 atom stereocenters. The van der Waals surface area contributed by atoms with E-state index in [1.165, 1.54) is 6.42 Å². The van der Waals surface area contributed by atoms with E-state index in [0.717, 1.165) is 25.2 Å². The van der Waals surface area contributed by atoms with Crippen LogP contribution in [0.5, 0.6) is 0 Å². The van der Waals surface area contributed by atoms with Gasteiger partial charge in [-0.15, -0.1) is 0 Å². The number of nitriles is 1. The molecule has 0 bridgehead atoms. The highest BCUT2D eigenvalue weighted by Gasteiger charge is 2.22. The normalized spacial score (nSPS) is 21.4. The van der Waals surface area contributed by atoms with Crippen LogP contribution in [0.4, 0.5) is 0 Å². The summed E-state index contributed by atoms with van der Waals surface area (Å²) < 4.78 is 0. The molecule has 1 aliphatic heterocycles. The fourth-order valence-electron chi connectivity index (χ4n) is 2.36. The third kappa shape index (κ3) is 3.06. The second kappa shape index (κ2) is 5.81. The smallest absolute Gasteiger partial charge is 0.0839 e. The predicted octanol–water partition coefficient (Wildman–Crippen LogP) is 1.59. The van der Waals surface area contributed by atoms with Gasteiger partial charge in [0.1, 0.15) is 0 Å². The standard InChI is InChI=1S/C14H19N3/c1-17(14-7-8-16-10-14)11-13(9-15)12-5-3-2-4-6-12/h2-6,13-14,16H,7-8,10-11H2,1H3. The molecule has 0 aromatic heterocycles. The number of benzene rings is 1. The predicted molar refractivity (Wildman–Crippen MR) is 68.7 cm³/mol. The quantitative estimate of drug-likeness (QED) is 0.852. The maximum Gasteiger partial charge on any atom is 0.0839 e. The zero-order valence-corrected chi connectivity index (χ0v) is 10.3. The number of hydrogen-bond acceptors (Lipinski definition) is 3. The van der Waals surface area contributed by atoms with Gasteiger partial charge in [-0.05, 0) is 25.6 Å². The minimum atomic E-state index is -0.0261. The van der Waals surface area contributed by atoms with Gasteiger partial charge in [-0.1, -0.05) is 30.3 Å². The zero-order valence-electron chi connectivity index (χ0n) is 10.3. The monoisotopic (exact) mass is 229 g/mol. The summed E-state index contributed by atoms with van der Waals surface area (Å²) in [4.78, 5) is 2.31. The van der Waals surface area contributed by atoms with Crippen molar-refractivity contribution in [1.82, 2.24) is 10.2 Å². The first-order valence-corrected chi connectivity index (χ1v) is 6.17. The lowest BCUT2D eigenvalue weighted by atomic mass is 9.99. The SMILES string of the molecule is CN(CC(C#N)c1ccccc1)C1CCNC1. The average Bonchev–Trinajstić information content (AvgIpc) is 2.90. The molecule has 3 heteroatoms. The Morgan fingerprint density at radius 1 is 1.47 bits per heavy atom. The van der Waals surface area contributed by atoms with E-state index in [0.29, 0.717) is 6.04 Å². The molecule has 1 aromatic carbocycles. The van der Waals surface area contributed by atoms with Gasteiger partial charge >= 0.3 is 0 Å². The van der Waals surface area contributed by atoms with Crippen molar-refractivity contribution >= 4 is 0 Å². The van der Waals surface area contributed by atoms with E-state index in [-0.39, 0.29) is 5.92 Å². The molecular weight excluding hydrogens is 210 g/mol. The fourth-order valence-corrected chi connectivity index (χ4v) is 2.36. The molecule has 1 aromatic rings. The lowest BCUT2D eigenvalue weighted by Crippen LogP contribution is -2.36. The molecule has 0 radical (unpaired) electrons. The first-order chi connectivity index (χ1) is 8.31. The zero-order chi connectivity index (χ0) is 12.1.